The summed E-state index contributed by atoms with van der Waals surface area (Å²) in [4.78, 5) is 0. The van der Waals surface area contributed by atoms with Crippen LogP contribution >= 0.6 is 0 Å². The molecule has 1 heterocycles. The predicted molar refractivity (Wildman–Crippen MR) is 158 cm³/mol. The molecule has 0 bridgehead atoms. The topological polar surface area (TPSA) is 9.23 Å². The van der Waals surface area contributed by atoms with Gasteiger partial charge in [-0.05, 0) is 0 Å². The molecular weight excluding hydrogens is 753 g/mol. The Balaban J connectivity index is 1.79. The van der Waals surface area contributed by atoms with Crippen LogP contribution in [-0.4, -0.2) is 33.9 Å². The summed E-state index contributed by atoms with van der Waals surface area (Å²) in [5, 5.41) is 0. The van der Waals surface area contributed by atoms with Crippen LogP contribution in [0.4, 0.5) is 43.9 Å². The van der Waals surface area contributed by atoms with Crippen molar-refractivity contribution in [1.29, 1.82) is 0 Å². The number of hydrogen-bond acceptors (Lipinski definition) is 1. The predicted octanol–water partition coefficient (Wildman–Crippen LogP) is 9.65. The standard InChI is InChI=1S/C34H21BF10OTe/c36-23-19(24(37)28(41)31(44)27(23)40)21-33(16-10-4-1-5-11-16)47-34(17-12-6-2-7-13-17)22(35(21)46-18-14-8-3-9-15-18)20-25(38)29(42)32(45)30(43)26(20)39/h1-2,4-7,10-13,18H,3,8-9,14-15H2. The third-order valence-corrected chi connectivity index (χ3v) is 11.9. The zero-order valence-electron chi connectivity index (χ0n) is 24.1. The Bertz CT molecular complexity index is 1740. The number of rotatable bonds is 6. The summed E-state index contributed by atoms with van der Waals surface area (Å²) in [6.07, 6.45) is 1.97. The molecule has 6 rings (SSSR count). The Morgan fingerprint density at radius 3 is 1.17 bits per heavy atom. The second-order valence-electron chi connectivity index (χ2n) is 11.0. The second kappa shape index (κ2) is 13.5. The van der Waals surface area contributed by atoms with Crippen LogP contribution in [0.3, 0.4) is 0 Å². The van der Waals surface area contributed by atoms with Gasteiger partial charge in [-0.2, -0.15) is 0 Å². The fourth-order valence-electron chi connectivity index (χ4n) is 5.90. The summed E-state index contributed by atoms with van der Waals surface area (Å²) in [5.74, 6) is -22.9. The van der Waals surface area contributed by atoms with Crippen LogP contribution in [-0.2, 0) is 4.65 Å². The molecule has 1 aliphatic heterocycles. The van der Waals surface area contributed by atoms with Gasteiger partial charge in [0.2, 0.25) is 0 Å². The fourth-order valence-corrected chi connectivity index (χ4v) is 9.76. The summed E-state index contributed by atoms with van der Waals surface area (Å²) in [7, 11) is 0. The zero-order valence-corrected chi connectivity index (χ0v) is 26.4. The average Bonchev–Trinajstić information content (AvgIpc) is 3.10. The first-order valence-electron chi connectivity index (χ1n) is 14.5. The molecule has 1 nitrogen and oxygen atoms in total. The summed E-state index contributed by atoms with van der Waals surface area (Å²) in [6, 6.07) is 15.6. The third kappa shape index (κ3) is 5.91. The summed E-state index contributed by atoms with van der Waals surface area (Å²) in [5.41, 5.74) is -3.49. The molecule has 0 unspecified atom stereocenters. The van der Waals surface area contributed by atoms with Crippen molar-refractivity contribution in [3.63, 3.8) is 0 Å². The van der Waals surface area contributed by atoms with Crippen molar-refractivity contribution in [3.05, 3.63) is 141 Å². The molecule has 2 aliphatic rings. The van der Waals surface area contributed by atoms with Gasteiger partial charge in [-0.3, -0.25) is 0 Å². The van der Waals surface area contributed by atoms with Crippen LogP contribution in [0.2, 0.25) is 0 Å². The maximum absolute atomic E-state index is 15.8. The van der Waals surface area contributed by atoms with Gasteiger partial charge in [0.15, 0.2) is 0 Å². The third-order valence-electron chi connectivity index (χ3n) is 8.13. The van der Waals surface area contributed by atoms with Crippen LogP contribution in [0.1, 0.15) is 54.4 Å². The maximum atomic E-state index is 15.8. The van der Waals surface area contributed by atoms with Crippen LogP contribution in [0, 0.1) is 58.2 Å². The molecule has 0 N–H and O–H groups in total. The normalized spacial score (nSPS) is 16.0. The first kappa shape index (κ1) is 33.4. The number of halogens is 10. The summed E-state index contributed by atoms with van der Waals surface area (Å²) >= 11 is -2.19. The van der Waals surface area contributed by atoms with E-state index in [1.54, 1.807) is 36.4 Å². The van der Waals surface area contributed by atoms with Crippen molar-refractivity contribution in [1.82, 2.24) is 0 Å². The van der Waals surface area contributed by atoms with Gasteiger partial charge in [0, 0.05) is 0 Å². The molecule has 4 aromatic carbocycles. The van der Waals surface area contributed by atoms with Crippen LogP contribution in [0.25, 0.3) is 18.2 Å². The summed E-state index contributed by atoms with van der Waals surface area (Å²) in [6.45, 7) is -2.02. The first-order chi connectivity index (χ1) is 22.5. The fraction of sp³-hybridized carbons (Fsp3) is 0.176. The van der Waals surface area contributed by atoms with E-state index in [4.69, 9.17) is 4.65 Å². The monoisotopic (exact) mass is 776 g/mol. The van der Waals surface area contributed by atoms with Crippen molar-refractivity contribution in [2.45, 2.75) is 38.2 Å². The van der Waals surface area contributed by atoms with Crippen molar-refractivity contribution in [3.8, 4) is 0 Å². The molecule has 0 radical (unpaired) electrons. The van der Waals surface area contributed by atoms with Gasteiger partial charge in [-0.1, -0.05) is 0 Å². The van der Waals surface area contributed by atoms with E-state index in [-0.39, 0.29) is 18.4 Å². The van der Waals surface area contributed by atoms with Gasteiger partial charge >= 0.3 is 274 Å². The SMILES string of the molecule is Fc1c(F)c(F)c(C2=C(c3ccccc3)[Te]C(c3ccccc3)=C(c3c(F)c(F)c(F)c(F)c3F)B2OC2CCCCC2)c(F)c1F. The molecule has 1 fully saturated rings. The Kier molecular flexibility index (Phi) is 9.61. The molecular formula is C34H21BF10OTe. The van der Waals surface area contributed by atoms with Gasteiger partial charge in [-0.15, -0.1) is 0 Å². The minimum absolute atomic E-state index is 0.0893. The van der Waals surface area contributed by atoms with Gasteiger partial charge in [0.05, 0.1) is 0 Å². The van der Waals surface area contributed by atoms with Crippen LogP contribution in [0.15, 0.2) is 60.7 Å². The molecule has 0 spiro atoms. The summed E-state index contributed by atoms with van der Waals surface area (Å²) < 4.78 is 158. The van der Waals surface area contributed by atoms with E-state index in [0.29, 0.717) is 25.7 Å². The van der Waals surface area contributed by atoms with E-state index in [9.17, 15) is 26.3 Å². The van der Waals surface area contributed by atoms with Gasteiger partial charge in [-0.25, -0.2) is 0 Å². The van der Waals surface area contributed by atoms with Gasteiger partial charge in [0.25, 0.3) is 0 Å². The van der Waals surface area contributed by atoms with E-state index in [1.807, 2.05) is 0 Å². The molecule has 1 saturated carbocycles. The number of benzene rings is 4. The molecule has 0 saturated heterocycles. The first-order valence-corrected chi connectivity index (χ1v) is 16.8. The van der Waals surface area contributed by atoms with Crippen molar-refractivity contribution >= 4 is 46.0 Å². The van der Waals surface area contributed by atoms with Crippen LogP contribution in [0.5, 0.6) is 0 Å². The molecule has 242 valence electrons. The Morgan fingerprint density at radius 2 is 0.809 bits per heavy atom. The van der Waals surface area contributed by atoms with Crippen molar-refractivity contribution in [2.24, 2.45) is 0 Å². The molecule has 1 aliphatic carbocycles. The van der Waals surface area contributed by atoms with E-state index >= 15 is 17.6 Å². The van der Waals surface area contributed by atoms with Crippen molar-refractivity contribution < 1.29 is 48.6 Å². The van der Waals surface area contributed by atoms with E-state index in [0.717, 1.165) is 6.42 Å². The average molecular weight is 774 g/mol. The molecule has 13 heteroatoms. The van der Waals surface area contributed by atoms with E-state index < -0.39 is 114 Å². The Labute approximate surface area is 273 Å². The van der Waals surface area contributed by atoms with Crippen molar-refractivity contribution in [2.75, 3.05) is 0 Å². The second-order valence-corrected chi connectivity index (χ2v) is 13.9. The molecule has 47 heavy (non-hydrogen) atoms. The number of hydrogen-bond donors (Lipinski definition) is 0. The van der Waals surface area contributed by atoms with E-state index in [1.165, 1.54) is 24.3 Å². The van der Waals surface area contributed by atoms with Gasteiger partial charge < -0.3 is 0 Å². The zero-order chi connectivity index (χ0) is 33.6. The molecule has 4 aromatic rings. The van der Waals surface area contributed by atoms with E-state index in [2.05, 4.69) is 0 Å². The van der Waals surface area contributed by atoms with Gasteiger partial charge in [0.1, 0.15) is 0 Å². The quantitative estimate of drug-likeness (QED) is 0.0822. The Morgan fingerprint density at radius 1 is 0.468 bits per heavy atom. The molecule has 0 amide bonds. The molecule has 0 atom stereocenters. The molecule has 0 aromatic heterocycles. The minimum atomic E-state index is -2.43. The Hall–Kier alpha value is -3.53. The van der Waals surface area contributed by atoms with Crippen LogP contribution < -0.4 is 0 Å².